The molecule has 26 heavy (non-hydrogen) atoms. The van der Waals surface area contributed by atoms with Gasteiger partial charge in [0.1, 0.15) is 23.8 Å². The number of hydrogen-bond donors (Lipinski definition) is 1. The van der Waals surface area contributed by atoms with Crippen molar-refractivity contribution in [2.75, 3.05) is 35.3 Å². The Morgan fingerprint density at radius 2 is 1.92 bits per heavy atom. The van der Waals surface area contributed by atoms with E-state index in [4.69, 9.17) is 0 Å². The average molecular weight is 357 g/mol. The Kier molecular flexibility index (Phi) is 4.80. The number of rotatable bonds is 3. The monoisotopic (exact) mass is 357 g/mol. The number of likely N-dealkylation sites (N-methyl/N-ethyl adjacent to an activating group) is 1. The zero-order chi connectivity index (χ0) is 18.9. The van der Waals surface area contributed by atoms with Gasteiger partial charge in [-0.2, -0.15) is 0 Å². The zero-order valence-corrected chi connectivity index (χ0v) is 15.6. The van der Waals surface area contributed by atoms with Gasteiger partial charge in [0.2, 0.25) is 5.91 Å². The van der Waals surface area contributed by atoms with Gasteiger partial charge in [0.15, 0.2) is 0 Å². The van der Waals surface area contributed by atoms with Gasteiger partial charge in [-0.3, -0.25) is 4.79 Å². The Balaban J connectivity index is 2.02. The predicted molar refractivity (Wildman–Crippen MR) is 101 cm³/mol. The molecule has 6 nitrogen and oxygen atoms in total. The van der Waals surface area contributed by atoms with E-state index in [1.165, 1.54) is 17.3 Å². The van der Waals surface area contributed by atoms with Crippen molar-refractivity contribution in [3.8, 4) is 0 Å². The molecule has 1 aliphatic heterocycles. The van der Waals surface area contributed by atoms with Crippen LogP contribution in [-0.2, 0) is 11.3 Å². The fraction of sp³-hybridized carbons (Fsp3) is 0.421. The van der Waals surface area contributed by atoms with E-state index in [0.29, 0.717) is 18.2 Å². The van der Waals surface area contributed by atoms with Crippen LogP contribution in [0.4, 0.5) is 21.7 Å². The summed E-state index contributed by atoms with van der Waals surface area (Å²) >= 11 is 0. The van der Waals surface area contributed by atoms with E-state index in [0.717, 1.165) is 5.56 Å². The number of amides is 1. The lowest BCUT2D eigenvalue weighted by Crippen LogP contribution is -2.36. The van der Waals surface area contributed by atoms with Gasteiger partial charge >= 0.3 is 0 Å². The summed E-state index contributed by atoms with van der Waals surface area (Å²) in [5, 5.41) is 3.35. The van der Waals surface area contributed by atoms with Crippen LogP contribution in [-0.4, -0.2) is 36.0 Å². The minimum absolute atomic E-state index is 0.0650. The van der Waals surface area contributed by atoms with Crippen LogP contribution in [0.5, 0.6) is 0 Å². The summed E-state index contributed by atoms with van der Waals surface area (Å²) in [6.07, 6.45) is 1.49. The molecule has 0 spiro atoms. The molecular formula is C19H24FN5O. The minimum atomic E-state index is -0.423. The van der Waals surface area contributed by atoms with Crippen molar-refractivity contribution in [1.29, 1.82) is 0 Å². The highest BCUT2D eigenvalue weighted by Gasteiger charge is 2.29. The van der Waals surface area contributed by atoms with Crippen LogP contribution in [0.1, 0.15) is 26.3 Å². The predicted octanol–water partition coefficient (Wildman–Crippen LogP) is 3.06. The molecule has 2 aromatic rings. The molecule has 138 valence electrons. The van der Waals surface area contributed by atoms with Crippen molar-refractivity contribution in [1.82, 2.24) is 9.97 Å². The normalized spacial score (nSPS) is 14.9. The van der Waals surface area contributed by atoms with Crippen LogP contribution >= 0.6 is 0 Å². The molecule has 0 fully saturated rings. The lowest BCUT2D eigenvalue weighted by Gasteiger charge is -2.23. The van der Waals surface area contributed by atoms with Gasteiger partial charge < -0.3 is 15.1 Å². The molecule has 3 rings (SSSR count). The van der Waals surface area contributed by atoms with Crippen LogP contribution in [0, 0.1) is 11.2 Å². The van der Waals surface area contributed by atoms with E-state index in [-0.39, 0.29) is 30.1 Å². The average Bonchev–Trinajstić information content (AvgIpc) is 2.70. The fourth-order valence-electron chi connectivity index (χ4n) is 2.88. The Bertz CT molecular complexity index is 818. The number of fused-ring (bicyclic) bond motifs is 1. The summed E-state index contributed by atoms with van der Waals surface area (Å²) in [6, 6.07) is 6.31. The van der Waals surface area contributed by atoms with Gasteiger partial charge in [0.25, 0.3) is 0 Å². The topological polar surface area (TPSA) is 61.4 Å². The van der Waals surface area contributed by atoms with Crippen molar-refractivity contribution >= 4 is 23.2 Å². The second-order valence-electron chi connectivity index (χ2n) is 7.73. The molecule has 7 heteroatoms. The molecule has 0 radical (unpaired) electrons. The first-order valence-electron chi connectivity index (χ1n) is 8.60. The Hall–Kier alpha value is -2.70. The summed E-state index contributed by atoms with van der Waals surface area (Å²) in [4.78, 5) is 24.7. The van der Waals surface area contributed by atoms with Gasteiger partial charge in [-0.1, -0.05) is 32.9 Å². The Morgan fingerprint density at radius 1 is 1.19 bits per heavy atom. The third-order valence-electron chi connectivity index (χ3n) is 4.20. The number of carbonyl (C=O) groups excluding carboxylic acids is 1. The van der Waals surface area contributed by atoms with E-state index in [2.05, 4.69) is 36.1 Å². The first kappa shape index (κ1) is 18.1. The van der Waals surface area contributed by atoms with Crippen molar-refractivity contribution in [3.63, 3.8) is 0 Å². The van der Waals surface area contributed by atoms with Gasteiger partial charge in [0, 0.05) is 13.6 Å². The number of anilines is 3. The molecule has 1 amide bonds. The van der Waals surface area contributed by atoms with E-state index < -0.39 is 5.82 Å². The van der Waals surface area contributed by atoms with Gasteiger partial charge in [-0.05, 0) is 17.5 Å². The molecule has 0 unspecified atom stereocenters. The summed E-state index contributed by atoms with van der Waals surface area (Å²) in [7, 11) is 1.81. The van der Waals surface area contributed by atoms with Crippen molar-refractivity contribution in [2.24, 2.45) is 5.41 Å². The minimum Gasteiger partial charge on any atom is -0.369 e. The lowest BCUT2D eigenvalue weighted by molar-refractivity contribution is -0.117. The van der Waals surface area contributed by atoms with E-state index >= 15 is 0 Å². The van der Waals surface area contributed by atoms with Crippen molar-refractivity contribution in [2.45, 2.75) is 27.3 Å². The second kappa shape index (κ2) is 6.90. The third-order valence-corrected chi connectivity index (χ3v) is 4.20. The van der Waals surface area contributed by atoms with Crippen molar-refractivity contribution < 1.29 is 9.18 Å². The number of benzene rings is 1. The van der Waals surface area contributed by atoms with E-state index in [1.54, 1.807) is 23.1 Å². The maximum absolute atomic E-state index is 14.3. The number of hydrogen-bond acceptors (Lipinski definition) is 5. The molecule has 1 aromatic carbocycles. The number of nitrogens with zero attached hydrogens (tertiary/aromatic N) is 4. The van der Waals surface area contributed by atoms with Gasteiger partial charge in [-0.15, -0.1) is 0 Å². The summed E-state index contributed by atoms with van der Waals surface area (Å²) < 4.78 is 14.3. The number of nitrogens with one attached hydrogen (secondary N) is 1. The van der Waals surface area contributed by atoms with Crippen molar-refractivity contribution in [3.05, 3.63) is 42.0 Å². The molecule has 0 atom stereocenters. The van der Waals surface area contributed by atoms with Crippen LogP contribution < -0.4 is 15.1 Å². The first-order chi connectivity index (χ1) is 12.3. The SMILES string of the molecule is CN1CC(=O)N(c2ccccc2F)Cc2c(NCC(C)(C)C)ncnc21. The number of halogens is 1. The molecule has 1 aromatic heterocycles. The van der Waals surface area contributed by atoms with Crippen LogP contribution in [0.15, 0.2) is 30.6 Å². The van der Waals surface area contributed by atoms with Crippen LogP contribution in [0.2, 0.25) is 0 Å². The van der Waals surface area contributed by atoms with Gasteiger partial charge in [-0.25, -0.2) is 14.4 Å². The smallest absolute Gasteiger partial charge is 0.246 e. The maximum Gasteiger partial charge on any atom is 0.246 e. The van der Waals surface area contributed by atoms with E-state index in [1.807, 2.05) is 7.05 Å². The highest BCUT2D eigenvalue weighted by Crippen LogP contribution is 2.31. The van der Waals surface area contributed by atoms with Gasteiger partial charge in [0.05, 0.1) is 24.3 Å². The third kappa shape index (κ3) is 3.76. The van der Waals surface area contributed by atoms with Crippen LogP contribution in [0.3, 0.4) is 0 Å². The molecule has 2 heterocycles. The fourth-order valence-corrected chi connectivity index (χ4v) is 2.88. The zero-order valence-electron chi connectivity index (χ0n) is 15.6. The molecule has 0 saturated carbocycles. The maximum atomic E-state index is 14.3. The standard InChI is InChI=1S/C19H24FN5O/c1-19(2,3)11-21-17-13-9-25(15-8-6-5-7-14(15)20)16(26)10-24(4)18(13)23-12-22-17/h5-8,12H,9-11H2,1-4H3,(H,21,22,23). The van der Waals surface area contributed by atoms with E-state index in [9.17, 15) is 9.18 Å². The highest BCUT2D eigenvalue weighted by atomic mass is 19.1. The quantitative estimate of drug-likeness (QED) is 0.915. The number of carbonyl (C=O) groups is 1. The summed E-state index contributed by atoms with van der Waals surface area (Å²) in [5.74, 6) is 0.752. The first-order valence-corrected chi connectivity index (χ1v) is 8.60. The molecule has 0 saturated heterocycles. The molecule has 1 N–H and O–H groups in total. The Labute approximate surface area is 153 Å². The number of aromatic nitrogens is 2. The Morgan fingerprint density at radius 3 is 2.62 bits per heavy atom. The number of para-hydroxylation sites is 1. The molecule has 1 aliphatic rings. The largest absolute Gasteiger partial charge is 0.369 e. The summed E-state index contributed by atoms with van der Waals surface area (Å²) in [5.41, 5.74) is 1.12. The molecule has 0 bridgehead atoms. The van der Waals surface area contributed by atoms with Crippen LogP contribution in [0.25, 0.3) is 0 Å². The summed E-state index contributed by atoms with van der Waals surface area (Å²) in [6.45, 7) is 7.43. The lowest BCUT2D eigenvalue weighted by atomic mass is 9.97. The highest BCUT2D eigenvalue weighted by molar-refractivity contribution is 5.98. The molecule has 0 aliphatic carbocycles. The molecular weight excluding hydrogens is 333 g/mol. The second-order valence-corrected chi connectivity index (χ2v) is 7.73.